The summed E-state index contributed by atoms with van der Waals surface area (Å²) in [7, 11) is 0. The number of hydrogen-bond donors (Lipinski definition) is 3. The maximum absolute atomic E-state index is 9.72. The maximum atomic E-state index is 9.72. The molecule has 0 saturated heterocycles. The molecule has 108 valence electrons. The highest BCUT2D eigenvalue weighted by atomic mass is 16.5. The van der Waals surface area contributed by atoms with Crippen LogP contribution < -0.4 is 11.1 Å². The smallest absolute Gasteiger partial charge is 0.0897 e. The lowest BCUT2D eigenvalue weighted by Gasteiger charge is -2.12. The lowest BCUT2D eigenvalue weighted by atomic mass is 10.1. The van der Waals surface area contributed by atoms with Gasteiger partial charge in [-0.2, -0.15) is 0 Å². The van der Waals surface area contributed by atoms with E-state index in [9.17, 15) is 5.11 Å². The van der Waals surface area contributed by atoms with Crippen LogP contribution in [-0.4, -0.2) is 31.0 Å². The van der Waals surface area contributed by atoms with Crippen molar-refractivity contribution in [1.82, 2.24) is 5.32 Å². The predicted octanol–water partition coefficient (Wildman–Crippen LogP) is 1.41. The molecular formula is C15H26N2O2. The van der Waals surface area contributed by atoms with Gasteiger partial charge in [-0.1, -0.05) is 37.6 Å². The normalized spacial score (nSPS) is 12.6. The van der Waals surface area contributed by atoms with Crippen molar-refractivity contribution in [2.75, 3.05) is 19.8 Å². The van der Waals surface area contributed by atoms with Crippen LogP contribution in [0.3, 0.4) is 0 Å². The SMILES string of the molecule is CCCCOCC(O)CNCc1cccc(CN)c1. The molecule has 4 N–H and O–H groups in total. The van der Waals surface area contributed by atoms with Gasteiger partial charge in [0.2, 0.25) is 0 Å². The number of aliphatic hydroxyl groups excluding tert-OH is 1. The first-order valence-corrected chi connectivity index (χ1v) is 7.00. The second kappa shape index (κ2) is 9.92. The van der Waals surface area contributed by atoms with Crippen LogP contribution in [-0.2, 0) is 17.8 Å². The molecule has 0 aliphatic heterocycles. The topological polar surface area (TPSA) is 67.5 Å². The van der Waals surface area contributed by atoms with E-state index in [1.54, 1.807) is 0 Å². The van der Waals surface area contributed by atoms with Crippen molar-refractivity contribution >= 4 is 0 Å². The second-order valence-corrected chi connectivity index (χ2v) is 4.74. The molecule has 1 aromatic rings. The summed E-state index contributed by atoms with van der Waals surface area (Å²) >= 11 is 0. The van der Waals surface area contributed by atoms with Crippen molar-refractivity contribution < 1.29 is 9.84 Å². The number of benzene rings is 1. The van der Waals surface area contributed by atoms with E-state index in [4.69, 9.17) is 10.5 Å². The van der Waals surface area contributed by atoms with E-state index in [-0.39, 0.29) is 0 Å². The summed E-state index contributed by atoms with van der Waals surface area (Å²) in [5.41, 5.74) is 7.91. The highest BCUT2D eigenvalue weighted by Gasteiger charge is 2.03. The Balaban J connectivity index is 2.15. The fraction of sp³-hybridized carbons (Fsp3) is 0.600. The summed E-state index contributed by atoms with van der Waals surface area (Å²) in [6.07, 6.45) is 1.72. The third kappa shape index (κ3) is 7.28. The van der Waals surface area contributed by atoms with Crippen molar-refractivity contribution in [3.63, 3.8) is 0 Å². The third-order valence-electron chi connectivity index (χ3n) is 2.89. The molecule has 4 nitrogen and oxygen atoms in total. The summed E-state index contributed by atoms with van der Waals surface area (Å²) in [5, 5.41) is 12.9. The van der Waals surface area contributed by atoms with Crippen LogP contribution in [0.25, 0.3) is 0 Å². The number of aliphatic hydroxyl groups is 1. The molecule has 1 atom stereocenters. The van der Waals surface area contributed by atoms with E-state index in [0.29, 0.717) is 19.7 Å². The van der Waals surface area contributed by atoms with Crippen LogP contribution in [0, 0.1) is 0 Å². The first-order chi connectivity index (χ1) is 9.26. The minimum atomic E-state index is -0.449. The molecule has 0 aliphatic rings. The highest BCUT2D eigenvalue weighted by molar-refractivity contribution is 5.23. The second-order valence-electron chi connectivity index (χ2n) is 4.74. The number of nitrogens with one attached hydrogen (secondary N) is 1. The van der Waals surface area contributed by atoms with Crippen LogP contribution in [0.1, 0.15) is 30.9 Å². The summed E-state index contributed by atoms with van der Waals surface area (Å²) in [6, 6.07) is 8.15. The van der Waals surface area contributed by atoms with Gasteiger partial charge in [0.25, 0.3) is 0 Å². The Labute approximate surface area is 116 Å². The zero-order chi connectivity index (χ0) is 13.9. The standard InChI is InChI=1S/C15H26N2O2/c1-2-3-7-19-12-15(18)11-17-10-14-6-4-5-13(8-14)9-16/h4-6,8,15,17-18H,2-3,7,9-12,16H2,1H3. The van der Waals surface area contributed by atoms with Crippen LogP contribution in [0.2, 0.25) is 0 Å². The Bertz CT molecular complexity index is 345. The molecule has 1 rings (SSSR count). The van der Waals surface area contributed by atoms with Gasteiger partial charge in [-0.3, -0.25) is 0 Å². The van der Waals surface area contributed by atoms with E-state index < -0.39 is 6.10 Å². The third-order valence-corrected chi connectivity index (χ3v) is 2.89. The summed E-state index contributed by atoms with van der Waals surface area (Å²) in [6.45, 7) is 5.08. The van der Waals surface area contributed by atoms with Crippen molar-refractivity contribution in [3.8, 4) is 0 Å². The minimum Gasteiger partial charge on any atom is -0.389 e. The van der Waals surface area contributed by atoms with Gasteiger partial charge in [0, 0.05) is 26.2 Å². The Morgan fingerprint density at radius 3 is 2.89 bits per heavy atom. The lowest BCUT2D eigenvalue weighted by molar-refractivity contribution is 0.0358. The van der Waals surface area contributed by atoms with Crippen LogP contribution in [0.5, 0.6) is 0 Å². The first kappa shape index (κ1) is 16.1. The molecule has 0 fully saturated rings. The van der Waals surface area contributed by atoms with Gasteiger partial charge < -0.3 is 20.9 Å². The van der Waals surface area contributed by atoms with Crippen molar-refractivity contribution in [1.29, 1.82) is 0 Å². The predicted molar refractivity (Wildman–Crippen MR) is 77.8 cm³/mol. The van der Waals surface area contributed by atoms with Crippen molar-refractivity contribution in [2.24, 2.45) is 5.73 Å². The maximum Gasteiger partial charge on any atom is 0.0897 e. The Morgan fingerprint density at radius 2 is 2.16 bits per heavy atom. The largest absolute Gasteiger partial charge is 0.389 e. The van der Waals surface area contributed by atoms with E-state index in [1.807, 2.05) is 12.1 Å². The molecular weight excluding hydrogens is 240 g/mol. The van der Waals surface area contributed by atoms with Gasteiger partial charge in [-0.25, -0.2) is 0 Å². The monoisotopic (exact) mass is 266 g/mol. The molecule has 0 aliphatic carbocycles. The van der Waals surface area contributed by atoms with E-state index in [2.05, 4.69) is 24.4 Å². The number of rotatable bonds is 10. The Hall–Kier alpha value is -0.940. The van der Waals surface area contributed by atoms with Crippen LogP contribution in [0.15, 0.2) is 24.3 Å². The zero-order valence-electron chi connectivity index (χ0n) is 11.8. The Kier molecular flexibility index (Phi) is 8.41. The number of ether oxygens (including phenoxy) is 1. The molecule has 0 bridgehead atoms. The molecule has 0 saturated carbocycles. The summed E-state index contributed by atoms with van der Waals surface area (Å²) in [5.74, 6) is 0. The average molecular weight is 266 g/mol. The zero-order valence-corrected chi connectivity index (χ0v) is 11.8. The minimum absolute atomic E-state index is 0.399. The molecule has 4 heteroatoms. The van der Waals surface area contributed by atoms with Crippen LogP contribution >= 0.6 is 0 Å². The summed E-state index contributed by atoms with van der Waals surface area (Å²) < 4.78 is 5.37. The summed E-state index contributed by atoms with van der Waals surface area (Å²) in [4.78, 5) is 0. The molecule has 0 radical (unpaired) electrons. The first-order valence-electron chi connectivity index (χ1n) is 7.00. The molecule has 1 aromatic carbocycles. The molecule has 0 spiro atoms. The highest BCUT2D eigenvalue weighted by Crippen LogP contribution is 2.04. The molecule has 0 aromatic heterocycles. The average Bonchev–Trinajstić information content (AvgIpc) is 2.44. The van der Waals surface area contributed by atoms with Crippen LogP contribution in [0.4, 0.5) is 0 Å². The van der Waals surface area contributed by atoms with E-state index in [1.165, 1.54) is 5.56 Å². The molecule has 0 amide bonds. The molecule has 19 heavy (non-hydrogen) atoms. The van der Waals surface area contributed by atoms with Gasteiger partial charge >= 0.3 is 0 Å². The number of hydrogen-bond acceptors (Lipinski definition) is 4. The lowest BCUT2D eigenvalue weighted by Crippen LogP contribution is -2.30. The van der Waals surface area contributed by atoms with Gasteiger partial charge in [-0.05, 0) is 17.5 Å². The van der Waals surface area contributed by atoms with E-state index in [0.717, 1.165) is 31.6 Å². The fourth-order valence-corrected chi connectivity index (χ4v) is 1.77. The number of unbranched alkanes of at least 4 members (excludes halogenated alkanes) is 1. The van der Waals surface area contributed by atoms with Gasteiger partial charge in [0.1, 0.15) is 0 Å². The van der Waals surface area contributed by atoms with E-state index >= 15 is 0 Å². The molecule has 1 unspecified atom stereocenters. The quantitative estimate of drug-likeness (QED) is 0.560. The van der Waals surface area contributed by atoms with Crippen molar-refractivity contribution in [2.45, 2.75) is 39.0 Å². The van der Waals surface area contributed by atoms with Crippen molar-refractivity contribution in [3.05, 3.63) is 35.4 Å². The van der Waals surface area contributed by atoms with Gasteiger partial charge in [0.05, 0.1) is 12.7 Å². The van der Waals surface area contributed by atoms with Gasteiger partial charge in [-0.15, -0.1) is 0 Å². The fourth-order valence-electron chi connectivity index (χ4n) is 1.77. The van der Waals surface area contributed by atoms with Gasteiger partial charge in [0.15, 0.2) is 0 Å². The Morgan fingerprint density at radius 1 is 1.37 bits per heavy atom. The molecule has 0 heterocycles. The number of nitrogens with two attached hydrogens (primary N) is 1.